The molecule has 0 bridgehead atoms. The Hall–Kier alpha value is -3.92. The molecule has 0 spiro atoms. The molecule has 2 heterocycles. The average Bonchev–Trinajstić information content (AvgIpc) is 2.81. The SMILES string of the molecule is CC(=O)Cc1cc(Cc2ncnc(N3CC=C(c4ccc(C#N)cc4)CC3)n2)ccc1F. The van der Waals surface area contributed by atoms with Crippen LogP contribution in [0.5, 0.6) is 0 Å². The predicted molar refractivity (Wildman–Crippen MR) is 119 cm³/mol. The molecule has 160 valence electrons. The van der Waals surface area contributed by atoms with Crippen molar-refractivity contribution in [2.45, 2.75) is 26.2 Å². The van der Waals surface area contributed by atoms with Crippen molar-refractivity contribution < 1.29 is 9.18 Å². The molecule has 2 aromatic carbocycles. The first-order valence-corrected chi connectivity index (χ1v) is 10.4. The number of halogens is 1. The number of carbonyl (C=O) groups excluding carboxylic acids is 1. The normalized spacial score (nSPS) is 13.4. The van der Waals surface area contributed by atoms with Crippen molar-refractivity contribution in [1.82, 2.24) is 15.0 Å². The lowest BCUT2D eigenvalue weighted by atomic mass is 9.99. The summed E-state index contributed by atoms with van der Waals surface area (Å²) in [7, 11) is 0. The summed E-state index contributed by atoms with van der Waals surface area (Å²) >= 11 is 0. The van der Waals surface area contributed by atoms with Crippen molar-refractivity contribution in [1.29, 1.82) is 5.26 Å². The molecule has 0 amide bonds. The van der Waals surface area contributed by atoms with E-state index in [0.29, 0.717) is 35.9 Å². The number of carbonyl (C=O) groups is 1. The molecule has 1 aliphatic rings. The number of Topliss-reactive ketones (excluding diaryl/α,β-unsaturated/α-hetero) is 1. The van der Waals surface area contributed by atoms with Gasteiger partial charge in [-0.25, -0.2) is 14.4 Å². The van der Waals surface area contributed by atoms with Crippen molar-refractivity contribution in [3.8, 4) is 6.07 Å². The second-order valence-corrected chi connectivity index (χ2v) is 7.80. The number of anilines is 1. The smallest absolute Gasteiger partial charge is 0.228 e. The van der Waals surface area contributed by atoms with Crippen LogP contribution in [0.2, 0.25) is 0 Å². The Morgan fingerprint density at radius 2 is 2.00 bits per heavy atom. The lowest BCUT2D eigenvalue weighted by Gasteiger charge is -2.26. The zero-order chi connectivity index (χ0) is 22.5. The van der Waals surface area contributed by atoms with Crippen molar-refractivity contribution in [3.63, 3.8) is 0 Å². The zero-order valence-corrected chi connectivity index (χ0v) is 17.8. The summed E-state index contributed by atoms with van der Waals surface area (Å²) in [5.74, 6) is 0.744. The summed E-state index contributed by atoms with van der Waals surface area (Å²) in [5, 5.41) is 8.95. The van der Waals surface area contributed by atoms with Crippen molar-refractivity contribution in [3.05, 3.63) is 88.8 Å². The molecule has 0 aliphatic carbocycles. The zero-order valence-electron chi connectivity index (χ0n) is 17.8. The van der Waals surface area contributed by atoms with Gasteiger partial charge in [0.1, 0.15) is 23.8 Å². The largest absolute Gasteiger partial charge is 0.337 e. The molecule has 3 aromatic rings. The fourth-order valence-electron chi connectivity index (χ4n) is 3.75. The topological polar surface area (TPSA) is 82.8 Å². The summed E-state index contributed by atoms with van der Waals surface area (Å²) in [6, 6.07) is 14.5. The Balaban J connectivity index is 1.46. The van der Waals surface area contributed by atoms with E-state index < -0.39 is 0 Å². The van der Waals surface area contributed by atoms with Gasteiger partial charge in [0.05, 0.1) is 11.6 Å². The minimum Gasteiger partial charge on any atom is -0.337 e. The molecule has 32 heavy (non-hydrogen) atoms. The Morgan fingerprint density at radius 3 is 2.69 bits per heavy atom. The summed E-state index contributed by atoms with van der Waals surface area (Å²) in [6.07, 6.45) is 5.00. The van der Waals surface area contributed by atoms with E-state index in [4.69, 9.17) is 5.26 Å². The lowest BCUT2D eigenvalue weighted by molar-refractivity contribution is -0.116. The number of rotatable bonds is 6. The number of nitrogens with zero attached hydrogens (tertiary/aromatic N) is 5. The van der Waals surface area contributed by atoms with Crippen LogP contribution < -0.4 is 4.90 Å². The van der Waals surface area contributed by atoms with E-state index in [-0.39, 0.29) is 18.0 Å². The number of hydrogen-bond acceptors (Lipinski definition) is 6. The van der Waals surface area contributed by atoms with Crippen molar-refractivity contribution in [2.75, 3.05) is 18.0 Å². The van der Waals surface area contributed by atoms with Gasteiger partial charge in [0.25, 0.3) is 0 Å². The van der Waals surface area contributed by atoms with Gasteiger partial charge in [-0.05, 0) is 53.8 Å². The van der Waals surface area contributed by atoms with Gasteiger partial charge in [0, 0.05) is 25.9 Å². The number of aromatic nitrogens is 3. The van der Waals surface area contributed by atoms with Crippen LogP contribution in [0.25, 0.3) is 5.57 Å². The summed E-state index contributed by atoms with van der Waals surface area (Å²) in [4.78, 5) is 26.7. The Kier molecular flexibility index (Phi) is 6.31. The van der Waals surface area contributed by atoms with Crippen LogP contribution in [-0.4, -0.2) is 33.8 Å². The molecule has 1 aromatic heterocycles. The molecule has 7 heteroatoms. The van der Waals surface area contributed by atoms with Gasteiger partial charge in [0.2, 0.25) is 5.95 Å². The number of nitriles is 1. The first kappa shape index (κ1) is 21.3. The molecule has 0 fully saturated rings. The van der Waals surface area contributed by atoms with E-state index in [1.807, 2.05) is 24.3 Å². The second-order valence-electron chi connectivity index (χ2n) is 7.80. The summed E-state index contributed by atoms with van der Waals surface area (Å²) in [5.41, 5.74) is 4.25. The van der Waals surface area contributed by atoms with Crippen LogP contribution in [-0.2, 0) is 17.6 Å². The number of hydrogen-bond donors (Lipinski definition) is 0. The van der Waals surface area contributed by atoms with Gasteiger partial charge in [-0.3, -0.25) is 4.79 Å². The van der Waals surface area contributed by atoms with Gasteiger partial charge in [-0.2, -0.15) is 10.2 Å². The van der Waals surface area contributed by atoms with E-state index in [1.165, 1.54) is 24.9 Å². The molecular weight excluding hydrogens is 405 g/mol. The third-order valence-electron chi connectivity index (χ3n) is 5.40. The Labute approximate surface area is 186 Å². The molecule has 0 unspecified atom stereocenters. The predicted octanol–water partition coefficient (Wildman–Crippen LogP) is 3.90. The Bertz CT molecular complexity index is 1210. The molecule has 0 N–H and O–H groups in total. The second kappa shape index (κ2) is 9.48. The van der Waals surface area contributed by atoms with E-state index in [1.54, 1.807) is 12.1 Å². The van der Waals surface area contributed by atoms with Crippen molar-refractivity contribution in [2.24, 2.45) is 0 Å². The molecular formula is C25H22FN5O. The maximum atomic E-state index is 13.9. The third kappa shape index (κ3) is 5.03. The molecule has 1 aliphatic heterocycles. The standard InChI is InChI=1S/C25H22FN5O/c1-17(32)12-22-13-19(4-7-23(22)26)14-24-28-16-29-25(30-24)31-10-8-21(9-11-31)20-5-2-18(15-27)3-6-20/h2-8,13,16H,9-12,14H2,1H3. The van der Waals surface area contributed by atoms with Gasteiger partial charge in [-0.1, -0.05) is 30.3 Å². The summed E-state index contributed by atoms with van der Waals surface area (Å²) < 4.78 is 13.9. The van der Waals surface area contributed by atoms with Crippen LogP contribution in [0, 0.1) is 17.1 Å². The van der Waals surface area contributed by atoms with E-state index in [0.717, 1.165) is 24.1 Å². The molecule has 4 rings (SSSR count). The van der Waals surface area contributed by atoms with Crippen LogP contribution >= 0.6 is 0 Å². The van der Waals surface area contributed by atoms with Gasteiger partial charge in [-0.15, -0.1) is 0 Å². The monoisotopic (exact) mass is 427 g/mol. The molecule has 0 saturated carbocycles. The maximum Gasteiger partial charge on any atom is 0.228 e. The highest BCUT2D eigenvalue weighted by Crippen LogP contribution is 2.24. The van der Waals surface area contributed by atoms with Gasteiger partial charge < -0.3 is 4.90 Å². The Morgan fingerprint density at radius 1 is 1.19 bits per heavy atom. The number of benzene rings is 2. The lowest BCUT2D eigenvalue weighted by Crippen LogP contribution is -2.30. The van der Waals surface area contributed by atoms with Crippen LogP contribution in [0.15, 0.2) is 54.9 Å². The fourth-order valence-corrected chi connectivity index (χ4v) is 3.75. The maximum absolute atomic E-state index is 13.9. The van der Waals surface area contributed by atoms with Gasteiger partial charge in [0.15, 0.2) is 0 Å². The first-order valence-electron chi connectivity index (χ1n) is 10.4. The van der Waals surface area contributed by atoms with E-state index in [9.17, 15) is 9.18 Å². The average molecular weight is 427 g/mol. The highest BCUT2D eigenvalue weighted by atomic mass is 19.1. The summed E-state index contributed by atoms with van der Waals surface area (Å²) in [6.45, 7) is 2.90. The third-order valence-corrected chi connectivity index (χ3v) is 5.40. The highest BCUT2D eigenvalue weighted by Gasteiger charge is 2.17. The van der Waals surface area contributed by atoms with E-state index >= 15 is 0 Å². The molecule has 0 radical (unpaired) electrons. The van der Waals surface area contributed by atoms with Crippen LogP contribution in [0.3, 0.4) is 0 Å². The van der Waals surface area contributed by atoms with Crippen molar-refractivity contribution >= 4 is 17.3 Å². The molecule has 0 saturated heterocycles. The fraction of sp³-hybridized carbons (Fsp3) is 0.240. The first-order chi connectivity index (χ1) is 15.5. The van der Waals surface area contributed by atoms with Crippen LogP contribution in [0.1, 0.15) is 41.4 Å². The quantitative estimate of drug-likeness (QED) is 0.593. The molecule has 0 atom stereocenters. The minimum atomic E-state index is -0.376. The highest BCUT2D eigenvalue weighted by molar-refractivity contribution is 5.78. The van der Waals surface area contributed by atoms with Gasteiger partial charge >= 0.3 is 0 Å². The van der Waals surface area contributed by atoms with E-state index in [2.05, 4.69) is 32.0 Å². The number of ketones is 1. The van der Waals surface area contributed by atoms with Crippen LogP contribution in [0.4, 0.5) is 10.3 Å². The minimum absolute atomic E-state index is 0.0732. The molecule has 6 nitrogen and oxygen atoms in total.